The fraction of sp³-hybridized carbons (Fsp3) is 0.381. The van der Waals surface area contributed by atoms with Crippen molar-refractivity contribution in [3.05, 3.63) is 70.5 Å². The van der Waals surface area contributed by atoms with E-state index in [-0.39, 0.29) is 30.9 Å². The molecule has 2 aromatic rings. The summed E-state index contributed by atoms with van der Waals surface area (Å²) in [5.74, 6) is 0.135. The molecule has 1 atom stereocenters. The summed E-state index contributed by atoms with van der Waals surface area (Å²) in [7, 11) is 0. The highest BCUT2D eigenvalue weighted by Gasteiger charge is 2.34. The Balaban J connectivity index is 2.07. The van der Waals surface area contributed by atoms with Gasteiger partial charge in [-0.3, -0.25) is 0 Å². The van der Waals surface area contributed by atoms with Crippen LogP contribution in [0.5, 0.6) is 0 Å². The maximum atomic E-state index is 13.3. The van der Waals surface area contributed by atoms with Gasteiger partial charge in [-0.15, -0.1) is 0 Å². The summed E-state index contributed by atoms with van der Waals surface area (Å²) in [5.41, 5.74) is 6.35. The highest BCUT2D eigenvalue weighted by atomic mass is 19.1. The first-order chi connectivity index (χ1) is 12.8. The van der Waals surface area contributed by atoms with Crippen LogP contribution in [0.4, 0.5) is 4.39 Å². The second-order valence-electron chi connectivity index (χ2n) is 7.45. The second kappa shape index (κ2) is 7.38. The van der Waals surface area contributed by atoms with E-state index in [1.54, 1.807) is 18.2 Å². The molecule has 0 aliphatic carbocycles. The molecule has 1 unspecified atom stereocenters. The maximum absolute atomic E-state index is 13.3. The minimum atomic E-state index is -1.43. The zero-order valence-electron chi connectivity index (χ0n) is 15.6. The Bertz CT molecular complexity index is 849. The van der Waals surface area contributed by atoms with Gasteiger partial charge in [0.05, 0.1) is 12.1 Å². The quantitative estimate of drug-likeness (QED) is 0.727. The molecular formula is C21H25FN2O3. The minimum absolute atomic E-state index is 0.227. The fourth-order valence-corrected chi connectivity index (χ4v) is 3.36. The van der Waals surface area contributed by atoms with Crippen LogP contribution in [-0.2, 0) is 16.9 Å². The van der Waals surface area contributed by atoms with Gasteiger partial charge >= 0.3 is 0 Å². The number of rotatable bonds is 6. The van der Waals surface area contributed by atoms with E-state index in [4.69, 9.17) is 10.5 Å². The van der Waals surface area contributed by atoms with Gasteiger partial charge in [0.2, 0.25) is 5.90 Å². The molecule has 0 fully saturated rings. The van der Waals surface area contributed by atoms with E-state index in [1.807, 2.05) is 13.8 Å². The first-order valence-electron chi connectivity index (χ1n) is 8.95. The smallest absolute Gasteiger partial charge is 0.216 e. The van der Waals surface area contributed by atoms with Gasteiger partial charge in [-0.25, -0.2) is 9.38 Å². The number of aliphatic hydroxyl groups is 2. The average Bonchev–Trinajstić information content (AvgIpc) is 3.01. The van der Waals surface area contributed by atoms with E-state index in [2.05, 4.69) is 4.99 Å². The topological polar surface area (TPSA) is 88.1 Å². The molecule has 1 aliphatic rings. The van der Waals surface area contributed by atoms with Crippen LogP contribution in [0, 0.1) is 5.82 Å². The standard InChI is InChI=1S/C21H25FN2O3/c1-20(2)13-27-19(24-20)14-3-8-18(15(11-14)12-25)21(26,9-10-23)16-4-6-17(22)7-5-16/h3-8,11,25-26H,9-10,12-13,23H2,1-2H3. The summed E-state index contributed by atoms with van der Waals surface area (Å²) in [4.78, 5) is 4.55. The minimum Gasteiger partial charge on any atom is -0.475 e. The van der Waals surface area contributed by atoms with Gasteiger partial charge in [-0.2, -0.15) is 0 Å². The fourth-order valence-electron chi connectivity index (χ4n) is 3.36. The summed E-state index contributed by atoms with van der Waals surface area (Å²) in [6.45, 7) is 4.41. The number of hydrogen-bond acceptors (Lipinski definition) is 5. The summed E-state index contributed by atoms with van der Waals surface area (Å²) in [6.07, 6.45) is 0.232. The Morgan fingerprint density at radius 2 is 1.93 bits per heavy atom. The van der Waals surface area contributed by atoms with Crippen LogP contribution in [0.2, 0.25) is 0 Å². The zero-order chi connectivity index (χ0) is 19.7. The molecule has 0 saturated carbocycles. The first kappa shape index (κ1) is 19.5. The van der Waals surface area contributed by atoms with Crippen molar-refractivity contribution < 1.29 is 19.3 Å². The molecule has 0 aromatic heterocycles. The number of aliphatic imine (C=N–C) groups is 1. The Kier molecular flexibility index (Phi) is 5.33. The van der Waals surface area contributed by atoms with Crippen molar-refractivity contribution in [3.63, 3.8) is 0 Å². The van der Waals surface area contributed by atoms with Crippen molar-refractivity contribution in [3.8, 4) is 0 Å². The zero-order valence-corrected chi connectivity index (χ0v) is 15.6. The molecule has 27 heavy (non-hydrogen) atoms. The van der Waals surface area contributed by atoms with E-state index >= 15 is 0 Å². The van der Waals surface area contributed by atoms with Gasteiger partial charge in [0.15, 0.2) is 0 Å². The Labute approximate surface area is 158 Å². The molecule has 4 N–H and O–H groups in total. The first-order valence-corrected chi connectivity index (χ1v) is 8.95. The molecule has 0 radical (unpaired) electrons. The highest BCUT2D eigenvalue weighted by molar-refractivity contribution is 5.95. The van der Waals surface area contributed by atoms with Crippen molar-refractivity contribution in [2.45, 2.75) is 38.0 Å². The van der Waals surface area contributed by atoms with Crippen LogP contribution in [0.3, 0.4) is 0 Å². The van der Waals surface area contributed by atoms with Crippen molar-refractivity contribution >= 4 is 5.90 Å². The maximum Gasteiger partial charge on any atom is 0.216 e. The predicted molar refractivity (Wildman–Crippen MR) is 102 cm³/mol. The summed E-state index contributed by atoms with van der Waals surface area (Å²) < 4.78 is 19.0. The SMILES string of the molecule is CC1(C)COC(c2ccc(C(O)(CCN)c3ccc(F)cc3)c(CO)c2)=N1. The van der Waals surface area contributed by atoms with Crippen LogP contribution < -0.4 is 5.73 Å². The van der Waals surface area contributed by atoms with Gasteiger partial charge in [0, 0.05) is 5.56 Å². The van der Waals surface area contributed by atoms with Crippen LogP contribution in [0.15, 0.2) is 47.5 Å². The number of benzene rings is 2. The van der Waals surface area contributed by atoms with E-state index in [0.29, 0.717) is 29.2 Å². The molecule has 144 valence electrons. The molecule has 6 heteroatoms. The molecule has 2 aromatic carbocycles. The Morgan fingerprint density at radius 3 is 2.48 bits per heavy atom. The average molecular weight is 372 g/mol. The lowest BCUT2D eigenvalue weighted by Gasteiger charge is -2.31. The Hall–Kier alpha value is -2.28. The van der Waals surface area contributed by atoms with Crippen molar-refractivity contribution in [1.29, 1.82) is 0 Å². The normalized spacial score (nSPS) is 17.9. The summed E-state index contributed by atoms with van der Waals surface area (Å²) >= 11 is 0. The van der Waals surface area contributed by atoms with Gasteiger partial charge < -0.3 is 20.7 Å². The number of halogens is 1. The lowest BCUT2D eigenvalue weighted by molar-refractivity contribution is 0.0711. The van der Waals surface area contributed by atoms with Crippen molar-refractivity contribution in [2.24, 2.45) is 10.7 Å². The number of nitrogens with zero attached hydrogens (tertiary/aromatic N) is 1. The Morgan fingerprint density at radius 1 is 1.22 bits per heavy atom. The third-order valence-corrected chi connectivity index (χ3v) is 4.76. The van der Waals surface area contributed by atoms with Crippen molar-refractivity contribution in [1.82, 2.24) is 0 Å². The largest absolute Gasteiger partial charge is 0.475 e. The predicted octanol–water partition coefficient (Wildman–Crippen LogP) is 2.46. The highest BCUT2D eigenvalue weighted by Crippen LogP contribution is 2.36. The lowest BCUT2D eigenvalue weighted by Crippen LogP contribution is -2.31. The van der Waals surface area contributed by atoms with Gasteiger partial charge in [0.25, 0.3) is 0 Å². The lowest BCUT2D eigenvalue weighted by atomic mass is 9.80. The van der Waals surface area contributed by atoms with Gasteiger partial charge in [0.1, 0.15) is 18.0 Å². The van der Waals surface area contributed by atoms with Crippen molar-refractivity contribution in [2.75, 3.05) is 13.2 Å². The molecule has 0 saturated heterocycles. The molecule has 0 spiro atoms. The van der Waals surface area contributed by atoms with Gasteiger partial charge in [-0.1, -0.05) is 18.2 Å². The summed E-state index contributed by atoms with van der Waals surface area (Å²) in [5, 5.41) is 21.3. The molecule has 0 amide bonds. The molecule has 1 heterocycles. The van der Waals surface area contributed by atoms with Crippen LogP contribution in [-0.4, -0.2) is 34.8 Å². The number of nitrogens with two attached hydrogens (primary N) is 1. The second-order valence-corrected chi connectivity index (χ2v) is 7.45. The molecule has 0 bridgehead atoms. The van der Waals surface area contributed by atoms with E-state index in [1.165, 1.54) is 24.3 Å². The monoisotopic (exact) mass is 372 g/mol. The third kappa shape index (κ3) is 3.88. The van der Waals surface area contributed by atoms with E-state index in [9.17, 15) is 14.6 Å². The third-order valence-electron chi connectivity index (χ3n) is 4.76. The molecule has 3 rings (SSSR count). The van der Waals surface area contributed by atoms with Gasteiger partial charge in [-0.05, 0) is 67.8 Å². The van der Waals surface area contributed by atoms with Crippen LogP contribution in [0.25, 0.3) is 0 Å². The summed E-state index contributed by atoms with van der Waals surface area (Å²) in [6, 6.07) is 11.0. The van der Waals surface area contributed by atoms with E-state index in [0.717, 1.165) is 5.56 Å². The van der Waals surface area contributed by atoms with Crippen LogP contribution >= 0.6 is 0 Å². The number of hydrogen-bond donors (Lipinski definition) is 3. The molecule has 1 aliphatic heterocycles. The van der Waals surface area contributed by atoms with Crippen LogP contribution in [0.1, 0.15) is 42.5 Å². The number of ether oxygens (including phenoxy) is 1. The molecule has 5 nitrogen and oxygen atoms in total. The molecular weight excluding hydrogens is 347 g/mol. The van der Waals surface area contributed by atoms with E-state index < -0.39 is 5.60 Å². The number of aliphatic hydroxyl groups excluding tert-OH is 1.